The fourth-order valence-corrected chi connectivity index (χ4v) is 10.3. The first-order valence-corrected chi connectivity index (χ1v) is 33.8. The highest BCUT2D eigenvalue weighted by atomic mass is 16.7. The monoisotopic (exact) mass is 1410 g/mol. The molecule has 0 bridgehead atoms. The predicted molar refractivity (Wildman–Crippen MR) is 342 cm³/mol. The molecule has 3 aliphatic heterocycles. The van der Waals surface area contributed by atoms with Gasteiger partial charge in [0.2, 0.25) is 53.2 Å². The third kappa shape index (κ3) is 34.7. The summed E-state index contributed by atoms with van der Waals surface area (Å²) in [5.74, 6) is -3.25. The molecule has 36 heteroatoms. The number of rotatable bonds is 51. The summed E-state index contributed by atoms with van der Waals surface area (Å²) < 4.78 is 51.5. The van der Waals surface area contributed by atoms with Crippen molar-refractivity contribution in [2.45, 2.75) is 222 Å². The molecule has 98 heavy (non-hydrogen) atoms. The fourth-order valence-electron chi connectivity index (χ4n) is 10.3. The molecule has 0 radical (unpaired) electrons. The molecule has 3 rings (SSSR count). The summed E-state index contributed by atoms with van der Waals surface area (Å²) in [4.78, 5) is 110. The number of hydrogen-bond acceptors (Lipinski definition) is 27. The fraction of sp³-hybridized carbons (Fsp3) is 0.855. The molecule has 3 heterocycles. The van der Waals surface area contributed by atoms with E-state index < -0.39 is 136 Å². The second-order valence-corrected chi connectivity index (χ2v) is 24.2. The molecule has 3 saturated heterocycles. The second kappa shape index (κ2) is 49.9. The predicted octanol–water partition coefficient (Wildman–Crippen LogP) is -6.53. The van der Waals surface area contributed by atoms with E-state index in [1.54, 1.807) is 0 Å². The minimum absolute atomic E-state index is 0.00642. The smallest absolute Gasteiger partial charge is 0.222 e. The van der Waals surface area contributed by atoms with Crippen LogP contribution < -0.4 is 47.9 Å². The van der Waals surface area contributed by atoms with Gasteiger partial charge in [-0.25, -0.2) is 0 Å². The summed E-state index contributed by atoms with van der Waals surface area (Å²) in [5.41, 5.74) is 0. The van der Waals surface area contributed by atoms with Gasteiger partial charge in [0.1, 0.15) is 73.1 Å². The van der Waals surface area contributed by atoms with Crippen LogP contribution in [0.2, 0.25) is 0 Å². The number of amides is 9. The molecule has 3 aliphatic rings. The zero-order valence-electron chi connectivity index (χ0n) is 56.8. The van der Waals surface area contributed by atoms with E-state index in [1.165, 1.54) is 20.8 Å². The van der Waals surface area contributed by atoms with E-state index in [2.05, 4.69) is 47.9 Å². The molecule has 0 saturated carbocycles. The number of hydrogen-bond donors (Lipinski definition) is 18. The second-order valence-electron chi connectivity index (χ2n) is 24.2. The van der Waals surface area contributed by atoms with Crippen molar-refractivity contribution in [1.82, 2.24) is 47.9 Å². The Hall–Kier alpha value is -5.49. The summed E-state index contributed by atoms with van der Waals surface area (Å²) in [6.45, 7) is 6.17. The average Bonchev–Trinajstić information content (AvgIpc) is 0.825. The molecule has 18 N–H and O–H groups in total. The molecule has 566 valence electrons. The van der Waals surface area contributed by atoms with Crippen molar-refractivity contribution >= 4 is 53.2 Å². The van der Waals surface area contributed by atoms with Crippen molar-refractivity contribution in [3.63, 3.8) is 0 Å². The van der Waals surface area contributed by atoms with Crippen LogP contribution in [0.3, 0.4) is 0 Å². The van der Waals surface area contributed by atoms with Gasteiger partial charge in [0.05, 0.1) is 59.0 Å². The summed E-state index contributed by atoms with van der Waals surface area (Å²) in [6, 6.07) is -3.21. The topological polar surface area (TPSA) is 527 Å². The first kappa shape index (κ1) is 86.7. The number of carbonyl (C=O) groups excluding carboxylic acids is 9. The third-order valence-electron chi connectivity index (χ3n) is 15.9. The number of aliphatic hydroxyl groups is 9. The van der Waals surface area contributed by atoms with Gasteiger partial charge in [-0.15, -0.1) is 0 Å². The van der Waals surface area contributed by atoms with Gasteiger partial charge < -0.3 is 136 Å². The third-order valence-corrected chi connectivity index (χ3v) is 15.9. The van der Waals surface area contributed by atoms with E-state index in [0.717, 1.165) is 0 Å². The summed E-state index contributed by atoms with van der Waals surface area (Å²) >= 11 is 0. The average molecular weight is 1410 g/mol. The Kier molecular flexibility index (Phi) is 44.2. The van der Waals surface area contributed by atoms with Crippen LogP contribution in [0.1, 0.15) is 124 Å². The van der Waals surface area contributed by atoms with E-state index >= 15 is 0 Å². The number of carbonyl (C=O) groups is 9. The van der Waals surface area contributed by atoms with Crippen LogP contribution in [0.5, 0.6) is 0 Å². The molecular weight excluding hydrogens is 1300 g/mol. The number of unbranched alkanes of at least 4 members (excludes halogenated alkanes) is 3. The van der Waals surface area contributed by atoms with Crippen LogP contribution in [-0.2, 0) is 85.8 Å². The lowest BCUT2D eigenvalue weighted by Crippen LogP contribution is -2.64. The van der Waals surface area contributed by atoms with Crippen molar-refractivity contribution in [3.8, 4) is 0 Å². The summed E-state index contributed by atoms with van der Waals surface area (Å²) in [5, 5.41) is 115. The Labute approximate surface area is 571 Å². The van der Waals surface area contributed by atoms with E-state index in [-0.39, 0.29) is 146 Å². The molecular formula is C62H111N9O27. The number of nitrogens with one attached hydrogen (secondary N) is 9. The summed E-state index contributed by atoms with van der Waals surface area (Å²) in [6.07, 6.45) is -11.4. The van der Waals surface area contributed by atoms with Crippen LogP contribution in [0.4, 0.5) is 0 Å². The van der Waals surface area contributed by atoms with Gasteiger partial charge in [-0.05, 0) is 57.8 Å². The Morgan fingerprint density at radius 2 is 0.633 bits per heavy atom. The largest absolute Gasteiger partial charge is 0.394 e. The SMILES string of the molecule is CC(=O)NC1C(OCCCCC(=O)NCCCNC(=O)CCOCC(C)C(COCCC(=O)NCCCNC(=O)CCCCOC2OC(CO)C(O)C(O)C2NC(C)=O)OCCC(=O)NCCCNC(=O)CCCCOC2OC(CO)C(O)C(O)C2NC(C)=O)OC(CO)C(O)C1O. The molecule has 9 amide bonds. The van der Waals surface area contributed by atoms with Crippen LogP contribution >= 0.6 is 0 Å². The van der Waals surface area contributed by atoms with Crippen LogP contribution in [0.25, 0.3) is 0 Å². The number of aliphatic hydroxyl groups excluding tert-OH is 9. The van der Waals surface area contributed by atoms with Crippen molar-refractivity contribution < 1.29 is 132 Å². The van der Waals surface area contributed by atoms with E-state index in [4.69, 9.17) is 42.6 Å². The molecule has 0 aliphatic carbocycles. The van der Waals surface area contributed by atoms with Crippen LogP contribution in [0, 0.1) is 5.92 Å². The van der Waals surface area contributed by atoms with Gasteiger partial charge in [0, 0.05) is 124 Å². The van der Waals surface area contributed by atoms with Gasteiger partial charge in [-0.3, -0.25) is 43.2 Å². The molecule has 3 fully saturated rings. The highest BCUT2D eigenvalue weighted by molar-refractivity contribution is 5.78. The molecule has 36 nitrogen and oxygen atoms in total. The molecule has 17 atom stereocenters. The van der Waals surface area contributed by atoms with Gasteiger partial charge in [0.25, 0.3) is 0 Å². The van der Waals surface area contributed by atoms with Crippen molar-refractivity contribution in [2.75, 3.05) is 112 Å². The van der Waals surface area contributed by atoms with Crippen LogP contribution in [0.15, 0.2) is 0 Å². The van der Waals surface area contributed by atoms with Crippen molar-refractivity contribution in [2.24, 2.45) is 5.92 Å². The Balaban J connectivity index is 1.34. The highest BCUT2D eigenvalue weighted by Crippen LogP contribution is 2.26. The van der Waals surface area contributed by atoms with E-state index in [1.807, 2.05) is 6.92 Å². The minimum Gasteiger partial charge on any atom is -0.394 e. The molecule has 0 spiro atoms. The van der Waals surface area contributed by atoms with Crippen LogP contribution in [-0.4, -0.2) is 309 Å². The maximum absolute atomic E-state index is 12.8. The Morgan fingerprint density at radius 1 is 0.357 bits per heavy atom. The zero-order chi connectivity index (χ0) is 72.4. The van der Waals surface area contributed by atoms with E-state index in [0.29, 0.717) is 84.0 Å². The lowest BCUT2D eigenvalue weighted by molar-refractivity contribution is -0.270. The molecule has 0 aromatic heterocycles. The Morgan fingerprint density at radius 3 is 0.918 bits per heavy atom. The standard InChI is InChI=1S/C62H111N9O27/c1-37(35-90-29-17-48(81)66-23-11-20-63-45(78)14-5-8-26-93-60-51(69-38(2)75)57(87)54(84)41(32-72)96-60)44(92-31-19-50(83)68-25-13-22-65-47(80)16-7-10-28-95-62-53(71-40(4)77)59(89)56(86)43(34-74)98-62)36-91-30-18-49(82)67-24-12-21-64-46(79)15-6-9-27-94-61-52(70-39(3)76)58(88)55(85)42(33-73)97-61/h37,41-44,51-62,72-74,84-89H,5-36H2,1-4H3,(H,63,78)(H,64,79)(H,65,80)(H,66,81)(H,67,82)(H,68,83)(H,69,75)(H,70,76)(H,71,77). The van der Waals surface area contributed by atoms with Gasteiger partial charge in [0.15, 0.2) is 18.9 Å². The lowest BCUT2D eigenvalue weighted by atomic mass is 9.97. The Bertz CT molecular complexity index is 2340. The first-order valence-electron chi connectivity index (χ1n) is 33.8. The molecule has 17 unspecified atom stereocenters. The molecule has 0 aromatic rings. The van der Waals surface area contributed by atoms with Crippen molar-refractivity contribution in [3.05, 3.63) is 0 Å². The van der Waals surface area contributed by atoms with E-state index in [9.17, 15) is 89.1 Å². The maximum atomic E-state index is 12.8. The van der Waals surface area contributed by atoms with Crippen molar-refractivity contribution in [1.29, 1.82) is 0 Å². The van der Waals surface area contributed by atoms with Gasteiger partial charge >= 0.3 is 0 Å². The normalized spacial score (nSPS) is 26.0. The zero-order valence-corrected chi connectivity index (χ0v) is 56.8. The van der Waals surface area contributed by atoms with Gasteiger partial charge in [-0.1, -0.05) is 6.92 Å². The molecule has 0 aromatic carbocycles. The maximum Gasteiger partial charge on any atom is 0.222 e. The quantitative estimate of drug-likeness (QED) is 0.0252. The minimum atomic E-state index is -1.44. The highest BCUT2D eigenvalue weighted by Gasteiger charge is 2.48. The summed E-state index contributed by atoms with van der Waals surface area (Å²) in [7, 11) is 0. The van der Waals surface area contributed by atoms with Gasteiger partial charge in [-0.2, -0.15) is 0 Å². The number of ether oxygens (including phenoxy) is 9. The lowest BCUT2D eigenvalue weighted by Gasteiger charge is -2.42. The first-order chi connectivity index (χ1) is 46.9.